The van der Waals surface area contributed by atoms with E-state index in [0.717, 1.165) is 29.3 Å². The molecule has 20 heavy (non-hydrogen) atoms. The number of aromatic nitrogens is 2. The van der Waals surface area contributed by atoms with Crippen molar-refractivity contribution < 1.29 is 0 Å². The first-order valence-electron chi connectivity index (χ1n) is 6.91. The molecular weight excluding hydrogens is 270 g/mol. The summed E-state index contributed by atoms with van der Waals surface area (Å²) in [6, 6.07) is 8.35. The van der Waals surface area contributed by atoms with Gasteiger partial charge >= 0.3 is 0 Å². The normalized spacial score (nSPS) is 10.9. The van der Waals surface area contributed by atoms with E-state index in [-0.39, 0.29) is 5.92 Å². The number of nitrogens with zero attached hydrogens (tertiary/aromatic N) is 2. The molecule has 0 saturated carbocycles. The van der Waals surface area contributed by atoms with Crippen LogP contribution in [-0.4, -0.2) is 9.97 Å². The van der Waals surface area contributed by atoms with Crippen LogP contribution >= 0.6 is 11.6 Å². The molecule has 0 bridgehead atoms. The Bertz CT molecular complexity index is 591. The van der Waals surface area contributed by atoms with Gasteiger partial charge in [0.15, 0.2) is 0 Å². The van der Waals surface area contributed by atoms with E-state index in [1.807, 2.05) is 6.92 Å². The van der Waals surface area contributed by atoms with Crippen LogP contribution in [-0.2, 0) is 6.42 Å². The number of benzene rings is 1. The van der Waals surface area contributed by atoms with Crippen LogP contribution in [0.1, 0.15) is 43.6 Å². The molecule has 1 aromatic heterocycles. The maximum absolute atomic E-state index is 6.19. The van der Waals surface area contributed by atoms with E-state index in [0.29, 0.717) is 5.15 Å². The Morgan fingerprint density at radius 1 is 1.15 bits per heavy atom. The van der Waals surface area contributed by atoms with Crippen LogP contribution in [0.3, 0.4) is 0 Å². The second-order valence-corrected chi connectivity index (χ2v) is 5.53. The largest absolute Gasteiger partial charge is 0.340 e. The lowest BCUT2D eigenvalue weighted by molar-refractivity contribution is 0.773. The molecule has 0 fully saturated rings. The summed E-state index contributed by atoms with van der Waals surface area (Å²) in [4.78, 5) is 8.88. The lowest BCUT2D eigenvalue weighted by atomic mass is 10.1. The predicted molar refractivity (Wildman–Crippen MR) is 85.0 cm³/mol. The molecule has 0 aliphatic rings. The van der Waals surface area contributed by atoms with Crippen LogP contribution in [0.4, 0.5) is 11.5 Å². The van der Waals surface area contributed by atoms with Crippen molar-refractivity contribution in [2.24, 2.45) is 0 Å². The SMILES string of the molecule is CCc1ccc(Nc2nc(C(C)C)nc(Cl)c2C)cc1. The van der Waals surface area contributed by atoms with Gasteiger partial charge in [-0.2, -0.15) is 0 Å². The van der Waals surface area contributed by atoms with Gasteiger partial charge in [-0.1, -0.05) is 44.5 Å². The van der Waals surface area contributed by atoms with Gasteiger partial charge in [0.05, 0.1) is 0 Å². The fourth-order valence-corrected chi connectivity index (χ4v) is 2.02. The van der Waals surface area contributed by atoms with Crippen LogP contribution in [0.2, 0.25) is 5.15 Å². The van der Waals surface area contributed by atoms with Crippen molar-refractivity contribution in [2.75, 3.05) is 5.32 Å². The van der Waals surface area contributed by atoms with Crippen LogP contribution in [0, 0.1) is 6.92 Å². The number of nitrogens with one attached hydrogen (secondary N) is 1. The molecule has 3 nitrogen and oxygen atoms in total. The first kappa shape index (κ1) is 14.8. The molecule has 1 heterocycles. The van der Waals surface area contributed by atoms with Crippen LogP contribution in [0.5, 0.6) is 0 Å². The van der Waals surface area contributed by atoms with Crippen molar-refractivity contribution in [1.29, 1.82) is 0 Å². The number of aryl methyl sites for hydroxylation is 1. The first-order chi connectivity index (χ1) is 9.51. The molecule has 1 aromatic carbocycles. The van der Waals surface area contributed by atoms with E-state index in [1.165, 1.54) is 5.56 Å². The van der Waals surface area contributed by atoms with E-state index >= 15 is 0 Å². The van der Waals surface area contributed by atoms with Crippen molar-refractivity contribution in [2.45, 2.75) is 40.0 Å². The van der Waals surface area contributed by atoms with Gasteiger partial charge in [0.1, 0.15) is 16.8 Å². The first-order valence-corrected chi connectivity index (χ1v) is 7.29. The molecule has 0 spiro atoms. The van der Waals surface area contributed by atoms with Gasteiger partial charge in [0.25, 0.3) is 0 Å². The summed E-state index contributed by atoms with van der Waals surface area (Å²) in [6.07, 6.45) is 1.04. The van der Waals surface area contributed by atoms with Gasteiger partial charge in [-0.25, -0.2) is 9.97 Å². The highest BCUT2D eigenvalue weighted by Gasteiger charge is 2.11. The van der Waals surface area contributed by atoms with Crippen molar-refractivity contribution in [1.82, 2.24) is 9.97 Å². The molecule has 0 aliphatic heterocycles. The summed E-state index contributed by atoms with van der Waals surface area (Å²) >= 11 is 6.19. The van der Waals surface area contributed by atoms with Gasteiger partial charge in [-0.05, 0) is 31.0 Å². The summed E-state index contributed by atoms with van der Waals surface area (Å²) in [6.45, 7) is 8.18. The zero-order valence-electron chi connectivity index (χ0n) is 12.4. The van der Waals surface area contributed by atoms with Gasteiger partial charge in [0.2, 0.25) is 0 Å². The third-order valence-corrected chi connectivity index (χ3v) is 3.61. The summed E-state index contributed by atoms with van der Waals surface area (Å²) in [5, 5.41) is 3.83. The highest BCUT2D eigenvalue weighted by Crippen LogP contribution is 2.25. The fraction of sp³-hybridized carbons (Fsp3) is 0.375. The molecule has 0 unspecified atom stereocenters. The van der Waals surface area contributed by atoms with Gasteiger partial charge in [-0.3, -0.25) is 0 Å². The average molecular weight is 290 g/mol. The van der Waals surface area contributed by atoms with Crippen LogP contribution in [0.25, 0.3) is 0 Å². The number of hydrogen-bond acceptors (Lipinski definition) is 3. The van der Waals surface area contributed by atoms with E-state index < -0.39 is 0 Å². The van der Waals surface area contributed by atoms with Crippen molar-refractivity contribution in [3.63, 3.8) is 0 Å². The van der Waals surface area contributed by atoms with Gasteiger partial charge in [-0.15, -0.1) is 0 Å². The zero-order chi connectivity index (χ0) is 14.7. The Morgan fingerprint density at radius 2 is 1.80 bits per heavy atom. The van der Waals surface area contributed by atoms with Gasteiger partial charge in [0, 0.05) is 17.2 Å². The Morgan fingerprint density at radius 3 is 2.35 bits per heavy atom. The average Bonchev–Trinajstić information content (AvgIpc) is 2.44. The van der Waals surface area contributed by atoms with Crippen molar-refractivity contribution in [3.8, 4) is 0 Å². The predicted octanol–water partition coefficient (Wildman–Crippen LogP) is 4.87. The van der Waals surface area contributed by atoms with Crippen LogP contribution < -0.4 is 5.32 Å². The Kier molecular flexibility index (Phi) is 4.61. The quantitative estimate of drug-likeness (QED) is 0.816. The molecule has 0 saturated heterocycles. The molecule has 0 atom stereocenters. The lowest BCUT2D eigenvalue weighted by Gasteiger charge is -2.13. The molecule has 0 aliphatic carbocycles. The van der Waals surface area contributed by atoms with Crippen molar-refractivity contribution in [3.05, 3.63) is 46.4 Å². The second kappa shape index (κ2) is 6.23. The number of rotatable bonds is 4. The van der Waals surface area contributed by atoms with Crippen LogP contribution in [0.15, 0.2) is 24.3 Å². The topological polar surface area (TPSA) is 37.8 Å². The third-order valence-electron chi connectivity index (χ3n) is 3.25. The summed E-state index contributed by atoms with van der Waals surface area (Å²) < 4.78 is 0. The van der Waals surface area contributed by atoms with E-state index in [4.69, 9.17) is 11.6 Å². The fourth-order valence-electron chi connectivity index (χ4n) is 1.85. The van der Waals surface area contributed by atoms with E-state index in [1.54, 1.807) is 0 Å². The highest BCUT2D eigenvalue weighted by molar-refractivity contribution is 6.30. The zero-order valence-corrected chi connectivity index (χ0v) is 13.1. The molecule has 2 rings (SSSR count). The monoisotopic (exact) mass is 289 g/mol. The lowest BCUT2D eigenvalue weighted by Crippen LogP contribution is -2.05. The minimum atomic E-state index is 0.246. The number of anilines is 2. The Hall–Kier alpha value is -1.61. The molecule has 2 aromatic rings. The number of hydrogen-bond donors (Lipinski definition) is 1. The summed E-state index contributed by atoms with van der Waals surface area (Å²) in [5.41, 5.74) is 3.20. The number of halogens is 1. The summed E-state index contributed by atoms with van der Waals surface area (Å²) in [7, 11) is 0. The maximum Gasteiger partial charge on any atom is 0.138 e. The maximum atomic E-state index is 6.19. The smallest absolute Gasteiger partial charge is 0.138 e. The summed E-state index contributed by atoms with van der Waals surface area (Å²) in [5.74, 6) is 1.78. The minimum Gasteiger partial charge on any atom is -0.340 e. The molecule has 1 N–H and O–H groups in total. The third kappa shape index (κ3) is 3.28. The molecule has 0 radical (unpaired) electrons. The van der Waals surface area contributed by atoms with Crippen molar-refractivity contribution >= 4 is 23.1 Å². The van der Waals surface area contributed by atoms with Gasteiger partial charge < -0.3 is 5.32 Å². The van der Waals surface area contributed by atoms with E-state index in [2.05, 4.69) is 60.3 Å². The van der Waals surface area contributed by atoms with E-state index in [9.17, 15) is 0 Å². The highest BCUT2D eigenvalue weighted by atomic mass is 35.5. The minimum absolute atomic E-state index is 0.246. The molecule has 106 valence electrons. The molecule has 4 heteroatoms. The Labute approximate surface area is 125 Å². The standard InChI is InChI=1S/C16H20ClN3/c1-5-12-6-8-13(9-7-12)18-16-11(4)14(17)19-15(20-16)10(2)3/h6-10H,5H2,1-4H3,(H,18,19,20). The Balaban J connectivity index is 2.31. The molecule has 0 amide bonds. The molecular formula is C16H20ClN3. The second-order valence-electron chi connectivity index (χ2n) is 5.18.